The third-order valence-corrected chi connectivity index (χ3v) is 8.97. The third kappa shape index (κ3) is 4.60. The monoisotopic (exact) mass is 504 g/mol. The molecular formula is C22H21ClN4O4S2. The zero-order valence-electron chi connectivity index (χ0n) is 17.7. The molecule has 1 aliphatic rings. The van der Waals surface area contributed by atoms with Crippen LogP contribution in [0.15, 0.2) is 51.3 Å². The summed E-state index contributed by atoms with van der Waals surface area (Å²) in [4.78, 5) is 12.5. The predicted octanol–water partition coefficient (Wildman–Crippen LogP) is 3.15. The normalized spacial score (nSPS) is 14.9. The Morgan fingerprint density at radius 2 is 1.94 bits per heavy atom. The summed E-state index contributed by atoms with van der Waals surface area (Å²) in [5, 5.41) is 22.9. The predicted molar refractivity (Wildman–Crippen MR) is 125 cm³/mol. The first kappa shape index (κ1) is 23.6. The molecule has 3 aromatic rings. The molecule has 1 aliphatic heterocycles. The van der Waals surface area contributed by atoms with Gasteiger partial charge in [-0.3, -0.25) is 4.79 Å². The van der Waals surface area contributed by atoms with E-state index in [1.807, 2.05) is 13.0 Å². The first-order valence-electron chi connectivity index (χ1n) is 10.2. The van der Waals surface area contributed by atoms with Crippen LogP contribution in [0.25, 0.3) is 5.52 Å². The molecule has 3 heterocycles. The first-order chi connectivity index (χ1) is 15.7. The maximum atomic E-state index is 12.9. The van der Waals surface area contributed by atoms with Crippen LogP contribution in [0, 0.1) is 18.3 Å². The van der Waals surface area contributed by atoms with E-state index in [9.17, 15) is 23.6 Å². The average Bonchev–Trinajstić information content (AvgIpc) is 3.04. The van der Waals surface area contributed by atoms with Crippen molar-refractivity contribution in [3.8, 4) is 6.07 Å². The van der Waals surface area contributed by atoms with Gasteiger partial charge in [0, 0.05) is 37.3 Å². The number of hydrogen-bond acceptors (Lipinski definition) is 6. The number of fused-ring (bicyclic) bond motifs is 1. The highest BCUT2D eigenvalue weighted by molar-refractivity contribution is 7.99. The van der Waals surface area contributed by atoms with E-state index in [-0.39, 0.29) is 21.9 Å². The fraction of sp³-hybridized carbons (Fsp3) is 0.273. The Balaban J connectivity index is 1.71. The van der Waals surface area contributed by atoms with Crippen LogP contribution >= 0.6 is 23.4 Å². The zero-order valence-corrected chi connectivity index (χ0v) is 20.1. The molecule has 33 heavy (non-hydrogen) atoms. The van der Waals surface area contributed by atoms with E-state index in [4.69, 9.17) is 11.6 Å². The molecule has 1 saturated heterocycles. The van der Waals surface area contributed by atoms with Gasteiger partial charge in [0.1, 0.15) is 6.07 Å². The Kier molecular flexibility index (Phi) is 6.70. The smallest absolute Gasteiger partial charge is 0.307 e. The number of nitrogens with zero attached hydrogens (tertiary/aromatic N) is 3. The molecule has 172 valence electrons. The van der Waals surface area contributed by atoms with E-state index in [0.717, 1.165) is 15.5 Å². The lowest BCUT2D eigenvalue weighted by molar-refractivity contribution is -0.136. The summed E-state index contributed by atoms with van der Waals surface area (Å²) in [5.41, 5.74) is 2.29. The Hall–Kier alpha value is -2.55. The Morgan fingerprint density at radius 3 is 2.55 bits per heavy atom. The van der Waals surface area contributed by atoms with E-state index >= 15 is 0 Å². The molecule has 8 nitrogen and oxygen atoms in total. The molecule has 0 radical (unpaired) electrons. The molecule has 0 saturated carbocycles. The summed E-state index contributed by atoms with van der Waals surface area (Å²) in [5.74, 6) is -0.967. The van der Waals surface area contributed by atoms with Crippen LogP contribution in [0.1, 0.15) is 16.7 Å². The summed E-state index contributed by atoms with van der Waals surface area (Å²) < 4.78 is 29.0. The van der Waals surface area contributed by atoms with Gasteiger partial charge in [-0.25, -0.2) is 8.42 Å². The summed E-state index contributed by atoms with van der Waals surface area (Å²) >= 11 is 7.57. The number of pyridine rings is 1. The highest BCUT2D eigenvalue weighted by Crippen LogP contribution is 2.37. The number of carboxylic acid groups (broad SMARTS) is 1. The number of benzene rings is 1. The molecule has 4 rings (SSSR count). The standard InChI is InChI=1S/C22H21ClN4O4S2/c1-14-18(10-21(28)29)20-11-19(23)15(12-24)13-27(20)22(14)32-16-2-4-17(5-3-16)33(30,31)26-8-6-25-7-9-26/h2-5,11,13,25H,6-10H2,1H3,(H,28,29). The second-order valence-electron chi connectivity index (χ2n) is 7.61. The molecule has 1 aromatic carbocycles. The highest BCUT2D eigenvalue weighted by atomic mass is 35.5. The average molecular weight is 505 g/mol. The van der Waals surface area contributed by atoms with Crippen LogP contribution in [-0.2, 0) is 21.2 Å². The molecule has 0 atom stereocenters. The number of nitrogens with one attached hydrogen (secondary N) is 1. The number of sulfonamides is 1. The molecule has 2 aromatic heterocycles. The number of piperazine rings is 1. The molecule has 0 spiro atoms. The van der Waals surface area contributed by atoms with Gasteiger partial charge in [-0.05, 0) is 48.4 Å². The number of rotatable bonds is 6. The Morgan fingerprint density at radius 1 is 1.27 bits per heavy atom. The number of aliphatic carboxylic acids is 1. The van der Waals surface area contributed by atoms with Crippen LogP contribution in [0.4, 0.5) is 0 Å². The zero-order chi connectivity index (χ0) is 23.8. The minimum atomic E-state index is -3.55. The van der Waals surface area contributed by atoms with E-state index in [2.05, 4.69) is 5.32 Å². The number of carbonyl (C=O) groups is 1. The van der Waals surface area contributed by atoms with Crippen molar-refractivity contribution >= 4 is 44.9 Å². The third-order valence-electron chi connectivity index (χ3n) is 5.54. The molecule has 11 heteroatoms. The van der Waals surface area contributed by atoms with Crippen LogP contribution in [-0.4, -0.2) is 54.4 Å². The number of aromatic nitrogens is 1. The van der Waals surface area contributed by atoms with E-state index in [0.29, 0.717) is 37.3 Å². The molecular weight excluding hydrogens is 484 g/mol. The minimum absolute atomic E-state index is 0.181. The van der Waals surface area contributed by atoms with Crippen molar-refractivity contribution in [2.45, 2.75) is 28.2 Å². The summed E-state index contributed by atoms with van der Waals surface area (Å²) in [7, 11) is -3.55. The van der Waals surface area contributed by atoms with Gasteiger partial charge in [-0.2, -0.15) is 9.57 Å². The largest absolute Gasteiger partial charge is 0.481 e. The lowest BCUT2D eigenvalue weighted by Gasteiger charge is -2.26. The van der Waals surface area contributed by atoms with Gasteiger partial charge in [0.2, 0.25) is 10.0 Å². The van der Waals surface area contributed by atoms with Crippen LogP contribution in [0.2, 0.25) is 5.02 Å². The lowest BCUT2D eigenvalue weighted by atomic mass is 10.1. The van der Waals surface area contributed by atoms with Crippen molar-refractivity contribution in [1.29, 1.82) is 5.26 Å². The van der Waals surface area contributed by atoms with E-state index < -0.39 is 16.0 Å². The first-order valence-corrected chi connectivity index (χ1v) is 12.8. The molecule has 1 fully saturated rings. The summed E-state index contributed by atoms with van der Waals surface area (Å²) in [6.07, 6.45) is 1.42. The number of carboxylic acids is 1. The van der Waals surface area contributed by atoms with Gasteiger partial charge in [0.25, 0.3) is 0 Å². The molecule has 0 unspecified atom stereocenters. The fourth-order valence-electron chi connectivity index (χ4n) is 3.84. The Bertz CT molecular complexity index is 1370. The van der Waals surface area contributed by atoms with Gasteiger partial charge < -0.3 is 14.8 Å². The van der Waals surface area contributed by atoms with Gasteiger partial charge in [-0.1, -0.05) is 23.4 Å². The van der Waals surface area contributed by atoms with Crippen molar-refractivity contribution in [3.05, 3.63) is 58.2 Å². The quantitative estimate of drug-likeness (QED) is 0.530. The maximum Gasteiger partial charge on any atom is 0.307 e. The van der Waals surface area contributed by atoms with Gasteiger partial charge in [0.15, 0.2) is 0 Å². The van der Waals surface area contributed by atoms with Crippen LogP contribution in [0.5, 0.6) is 0 Å². The Labute approximate surface area is 200 Å². The van der Waals surface area contributed by atoms with E-state index in [1.54, 1.807) is 40.9 Å². The van der Waals surface area contributed by atoms with Crippen molar-refractivity contribution in [3.63, 3.8) is 0 Å². The van der Waals surface area contributed by atoms with Crippen molar-refractivity contribution < 1.29 is 18.3 Å². The van der Waals surface area contributed by atoms with Crippen molar-refractivity contribution in [2.75, 3.05) is 26.2 Å². The van der Waals surface area contributed by atoms with Gasteiger partial charge in [0.05, 0.1) is 32.4 Å². The van der Waals surface area contributed by atoms with Crippen molar-refractivity contribution in [2.24, 2.45) is 0 Å². The fourth-order valence-corrected chi connectivity index (χ4v) is 6.49. The number of halogens is 1. The number of hydrogen-bond donors (Lipinski definition) is 2. The molecule has 2 N–H and O–H groups in total. The minimum Gasteiger partial charge on any atom is -0.481 e. The van der Waals surface area contributed by atoms with Gasteiger partial charge >= 0.3 is 5.97 Å². The lowest BCUT2D eigenvalue weighted by Crippen LogP contribution is -2.46. The molecule has 0 amide bonds. The molecule has 0 bridgehead atoms. The molecule has 0 aliphatic carbocycles. The van der Waals surface area contributed by atoms with Gasteiger partial charge in [-0.15, -0.1) is 0 Å². The second-order valence-corrected chi connectivity index (χ2v) is 11.0. The SMILES string of the molecule is Cc1c(CC(=O)O)c2cc(Cl)c(C#N)cn2c1Sc1ccc(S(=O)(=O)N2CCNCC2)cc1. The van der Waals surface area contributed by atoms with E-state index in [1.165, 1.54) is 16.1 Å². The summed E-state index contributed by atoms with van der Waals surface area (Å²) in [6.45, 7) is 3.95. The second kappa shape index (κ2) is 9.37. The summed E-state index contributed by atoms with van der Waals surface area (Å²) in [6, 6.07) is 10.3. The van der Waals surface area contributed by atoms with Crippen LogP contribution < -0.4 is 5.32 Å². The number of nitriles is 1. The maximum absolute atomic E-state index is 12.9. The van der Waals surface area contributed by atoms with Crippen LogP contribution in [0.3, 0.4) is 0 Å². The van der Waals surface area contributed by atoms with Crippen molar-refractivity contribution in [1.82, 2.24) is 14.0 Å². The topological polar surface area (TPSA) is 115 Å². The highest BCUT2D eigenvalue weighted by Gasteiger charge is 2.26.